The number of aldehydes is 1. The summed E-state index contributed by atoms with van der Waals surface area (Å²) >= 11 is 0. The molecule has 2 aromatic rings. The van der Waals surface area contributed by atoms with Crippen LogP contribution in [-0.4, -0.2) is 36.1 Å². The molecular formula is C52H62O11. The van der Waals surface area contributed by atoms with Crippen molar-refractivity contribution < 1.29 is 52.5 Å². The third kappa shape index (κ3) is 12.4. The van der Waals surface area contributed by atoms with E-state index in [1.165, 1.54) is 40.2 Å². The van der Waals surface area contributed by atoms with Crippen LogP contribution in [0.3, 0.4) is 0 Å². The second-order valence-corrected chi connectivity index (χ2v) is 17.7. The number of ether oxygens (including phenoxy) is 5. The molecule has 0 aromatic heterocycles. The summed E-state index contributed by atoms with van der Waals surface area (Å²) in [7, 11) is 0. The van der Waals surface area contributed by atoms with Gasteiger partial charge in [-0.1, -0.05) is 52.7 Å². The molecule has 336 valence electrons. The van der Waals surface area contributed by atoms with Gasteiger partial charge in [-0.25, -0.2) is 0 Å². The van der Waals surface area contributed by atoms with Crippen molar-refractivity contribution in [3.05, 3.63) is 105 Å². The van der Waals surface area contributed by atoms with Crippen LogP contribution >= 0.6 is 0 Å². The van der Waals surface area contributed by atoms with Crippen LogP contribution in [0, 0.1) is 17.3 Å². The van der Waals surface area contributed by atoms with Crippen molar-refractivity contribution in [1.29, 1.82) is 0 Å². The van der Waals surface area contributed by atoms with Gasteiger partial charge < -0.3 is 28.5 Å². The van der Waals surface area contributed by atoms with Crippen molar-refractivity contribution in [2.75, 3.05) is 0 Å². The minimum absolute atomic E-state index is 0.165. The molecule has 2 aromatic carbocycles. The smallest absolute Gasteiger partial charge is 0.308 e. The van der Waals surface area contributed by atoms with Crippen molar-refractivity contribution in [2.45, 2.75) is 139 Å². The van der Waals surface area contributed by atoms with Gasteiger partial charge in [0.2, 0.25) is 0 Å². The van der Waals surface area contributed by atoms with E-state index in [0.29, 0.717) is 91.5 Å². The number of rotatable bonds is 7. The Labute approximate surface area is 371 Å². The van der Waals surface area contributed by atoms with E-state index in [9.17, 15) is 28.8 Å². The molecule has 0 N–H and O–H groups in total. The molecular weight excluding hydrogens is 801 g/mol. The van der Waals surface area contributed by atoms with Crippen LogP contribution in [-0.2, 0) is 46.3 Å². The molecule has 11 nitrogen and oxygen atoms in total. The van der Waals surface area contributed by atoms with E-state index >= 15 is 0 Å². The molecule has 4 aliphatic rings. The minimum Gasteiger partial charge on any atom is -0.453 e. The Morgan fingerprint density at radius 2 is 1.33 bits per heavy atom. The van der Waals surface area contributed by atoms with Gasteiger partial charge in [0.05, 0.1) is 0 Å². The maximum Gasteiger partial charge on any atom is 0.308 e. The molecule has 0 spiro atoms. The first kappa shape index (κ1) is 48.2. The van der Waals surface area contributed by atoms with Crippen LogP contribution in [0.15, 0.2) is 83.0 Å². The number of carbonyl (C=O) groups is 6. The maximum atomic E-state index is 14.2. The highest BCUT2D eigenvalue weighted by Gasteiger charge is 2.47. The first-order valence-electron chi connectivity index (χ1n) is 21.8. The molecule has 0 radical (unpaired) electrons. The van der Waals surface area contributed by atoms with Gasteiger partial charge in [0.25, 0.3) is 0 Å². The van der Waals surface area contributed by atoms with Crippen molar-refractivity contribution in [3.8, 4) is 23.0 Å². The van der Waals surface area contributed by atoms with Crippen LogP contribution in [0.2, 0.25) is 0 Å². The number of carbonyl (C=O) groups excluding carboxylic acids is 6. The largest absolute Gasteiger partial charge is 0.453 e. The van der Waals surface area contributed by atoms with Crippen LogP contribution in [0.25, 0.3) is 0 Å². The fourth-order valence-electron chi connectivity index (χ4n) is 9.60. The highest BCUT2D eigenvalue weighted by Crippen LogP contribution is 2.53. The lowest BCUT2D eigenvalue weighted by Crippen LogP contribution is -2.43. The average molecular weight is 863 g/mol. The summed E-state index contributed by atoms with van der Waals surface area (Å²) in [5.41, 5.74) is 6.35. The van der Waals surface area contributed by atoms with E-state index in [0.717, 1.165) is 35.0 Å². The number of hydrogen-bond donors (Lipinski definition) is 0. The van der Waals surface area contributed by atoms with Crippen molar-refractivity contribution in [1.82, 2.24) is 0 Å². The van der Waals surface area contributed by atoms with Gasteiger partial charge >= 0.3 is 29.8 Å². The molecule has 0 fully saturated rings. The summed E-state index contributed by atoms with van der Waals surface area (Å²) in [6.07, 6.45) is 14.1. The predicted octanol–water partition coefficient (Wildman–Crippen LogP) is 10.8. The van der Waals surface area contributed by atoms with Gasteiger partial charge in [-0.2, -0.15) is 0 Å². The molecule has 2 unspecified atom stereocenters. The third-order valence-corrected chi connectivity index (χ3v) is 12.3. The summed E-state index contributed by atoms with van der Waals surface area (Å²) < 4.78 is 29.2. The Morgan fingerprint density at radius 3 is 1.97 bits per heavy atom. The molecule has 6 bridgehead atoms. The van der Waals surface area contributed by atoms with Crippen LogP contribution in [0.1, 0.15) is 148 Å². The van der Waals surface area contributed by atoms with Gasteiger partial charge in [-0.05, 0) is 140 Å². The molecule has 0 amide bonds. The van der Waals surface area contributed by atoms with E-state index in [2.05, 4.69) is 31.7 Å². The average Bonchev–Trinajstić information content (AvgIpc) is 3.16. The minimum atomic E-state index is -1.06. The van der Waals surface area contributed by atoms with E-state index in [-0.39, 0.29) is 29.3 Å². The molecule has 0 aliphatic heterocycles. The van der Waals surface area contributed by atoms with Crippen molar-refractivity contribution >= 4 is 36.1 Å². The number of fused-ring (bicyclic) bond motifs is 10. The lowest BCUT2D eigenvalue weighted by Gasteiger charge is -2.46. The van der Waals surface area contributed by atoms with Gasteiger partial charge in [0.1, 0.15) is 35.4 Å². The van der Waals surface area contributed by atoms with Crippen LogP contribution in [0.4, 0.5) is 0 Å². The third-order valence-electron chi connectivity index (χ3n) is 12.3. The second-order valence-electron chi connectivity index (χ2n) is 17.7. The van der Waals surface area contributed by atoms with Crippen LogP contribution in [0.5, 0.6) is 23.0 Å². The van der Waals surface area contributed by atoms with E-state index < -0.39 is 41.4 Å². The molecule has 11 heteroatoms. The summed E-state index contributed by atoms with van der Waals surface area (Å²) in [6.45, 7) is 18.9. The zero-order chi connectivity index (χ0) is 46.2. The fourth-order valence-corrected chi connectivity index (χ4v) is 9.60. The molecule has 63 heavy (non-hydrogen) atoms. The Bertz CT molecular complexity index is 2290. The molecule has 0 saturated heterocycles. The van der Waals surface area contributed by atoms with E-state index in [4.69, 9.17) is 23.7 Å². The molecule has 5 atom stereocenters. The number of esters is 5. The number of hydrogen-bond acceptors (Lipinski definition) is 11. The Balaban J connectivity index is 1.77. The maximum absolute atomic E-state index is 14.2. The normalized spacial score (nSPS) is 25.4. The predicted molar refractivity (Wildman–Crippen MR) is 239 cm³/mol. The SMILES string of the molecule is C=C(C)C1CC/C(C)=C/CC[C@@]2(C=O)C(CC3=C[C@H]2C/C(C)=C/[C@H](OC(C)=O)c2cc(OC(C)=O)c(cc2OC(C)=O)C/C(C)=C\CC3)Cc2cc(OC(C)=O)cc1c2OC(C)=O. The topological polar surface area (TPSA) is 149 Å². The zero-order valence-corrected chi connectivity index (χ0v) is 38.3. The van der Waals surface area contributed by atoms with E-state index in [1.54, 1.807) is 30.3 Å². The zero-order valence-electron chi connectivity index (χ0n) is 38.3. The summed E-state index contributed by atoms with van der Waals surface area (Å²) in [4.78, 5) is 77.1. The quantitative estimate of drug-likeness (QED) is 0.113. The van der Waals surface area contributed by atoms with Gasteiger partial charge in [0, 0.05) is 62.6 Å². The van der Waals surface area contributed by atoms with Crippen molar-refractivity contribution in [2.24, 2.45) is 17.3 Å². The lowest BCUT2D eigenvalue weighted by atomic mass is 9.56. The molecule has 6 rings (SSSR count). The van der Waals surface area contributed by atoms with Crippen molar-refractivity contribution in [3.63, 3.8) is 0 Å². The first-order valence-corrected chi connectivity index (χ1v) is 21.8. The Hall–Kier alpha value is -5.84. The highest BCUT2D eigenvalue weighted by atomic mass is 16.6. The summed E-state index contributed by atoms with van der Waals surface area (Å²) in [6, 6.07) is 6.79. The monoisotopic (exact) mass is 862 g/mol. The fraction of sp³-hybridized carbons (Fsp3) is 0.462. The molecule has 0 saturated carbocycles. The number of benzene rings is 2. The Morgan fingerprint density at radius 1 is 0.667 bits per heavy atom. The van der Waals surface area contributed by atoms with Gasteiger partial charge in [-0.3, -0.25) is 24.0 Å². The van der Waals surface area contributed by atoms with Gasteiger partial charge in [-0.15, -0.1) is 0 Å². The highest BCUT2D eigenvalue weighted by molar-refractivity contribution is 5.74. The number of allylic oxidation sites excluding steroid dienone is 8. The first-order chi connectivity index (χ1) is 29.8. The van der Waals surface area contributed by atoms with E-state index in [1.807, 2.05) is 20.8 Å². The van der Waals surface area contributed by atoms with Crippen LogP contribution < -0.4 is 18.9 Å². The Kier molecular flexibility index (Phi) is 16.1. The standard InChI is InChI=1S/C52H62O11/c1-30(2)45-17-16-31(3)14-12-18-52(29-53)42-20-33(5)21-49(61-36(8)56)47-28-48(60-35(7)55)40(26-50(47)62-37(9)57)19-32(4)13-11-15-39(22-42)23-43(52)24-41-25-44(59-34(6)54)27-46(45)51(41)63-38(10)58/h13-14,21-22,25-29,42-43,45,49H,1,11-12,15-20,23-24H2,2-10H3/b31-14+,32-13-,33-21+/t42-,43?,45?,49+,52+/m1/s1. The summed E-state index contributed by atoms with van der Waals surface area (Å²) in [5.74, 6) is -2.35. The second kappa shape index (κ2) is 21.0. The molecule has 4 aliphatic carbocycles. The summed E-state index contributed by atoms with van der Waals surface area (Å²) in [5, 5.41) is 0. The lowest BCUT2D eigenvalue weighted by molar-refractivity contribution is -0.144. The van der Waals surface area contributed by atoms with Gasteiger partial charge in [0.15, 0.2) is 0 Å². The molecule has 0 heterocycles.